The molecule has 0 radical (unpaired) electrons. The number of benzene rings is 1. The molecule has 1 nitrogen and oxygen atoms in total. The fourth-order valence-electron chi connectivity index (χ4n) is 3.26. The second-order valence-electron chi connectivity index (χ2n) is 6.14. The van der Waals surface area contributed by atoms with Crippen molar-refractivity contribution in [1.29, 1.82) is 5.26 Å². The van der Waals surface area contributed by atoms with E-state index in [1.54, 1.807) is 18.2 Å². The van der Waals surface area contributed by atoms with Crippen LogP contribution in [-0.2, 0) is 6.42 Å². The van der Waals surface area contributed by atoms with Gasteiger partial charge in [-0.05, 0) is 68.1 Å². The van der Waals surface area contributed by atoms with Crippen LogP contribution in [0.3, 0.4) is 0 Å². The third-order valence-electron chi connectivity index (χ3n) is 4.58. The van der Waals surface area contributed by atoms with Crippen molar-refractivity contribution in [3.63, 3.8) is 0 Å². The molecule has 0 saturated heterocycles. The minimum atomic E-state index is -0.152. The molecule has 1 aliphatic carbocycles. The molecule has 1 aliphatic rings. The van der Waals surface area contributed by atoms with Gasteiger partial charge in [0.15, 0.2) is 0 Å². The Bertz CT molecular complexity index is 475. The average Bonchev–Trinajstić information content (AvgIpc) is 2.52. The van der Waals surface area contributed by atoms with Gasteiger partial charge in [-0.1, -0.05) is 31.1 Å². The largest absolute Gasteiger partial charge is 0.207 e. The molecule has 0 bridgehead atoms. The first-order valence-corrected chi connectivity index (χ1v) is 8.08. The summed E-state index contributed by atoms with van der Waals surface area (Å²) in [6.45, 7) is 0. The number of nitriles is 1. The molecule has 0 aliphatic heterocycles. The number of allylic oxidation sites excluding steroid dienone is 2. The van der Waals surface area contributed by atoms with E-state index in [1.165, 1.54) is 50.5 Å². The summed E-state index contributed by atoms with van der Waals surface area (Å²) >= 11 is 0. The summed E-state index contributed by atoms with van der Waals surface area (Å²) in [4.78, 5) is 0. The van der Waals surface area contributed by atoms with Crippen molar-refractivity contribution < 1.29 is 4.39 Å². The number of hydrogen-bond acceptors (Lipinski definition) is 1. The first kappa shape index (κ1) is 15.8. The molecule has 1 fully saturated rings. The zero-order valence-corrected chi connectivity index (χ0v) is 12.6. The molecule has 0 spiro atoms. The maximum absolute atomic E-state index is 12.8. The molecule has 21 heavy (non-hydrogen) atoms. The molecule has 112 valence electrons. The Hall–Kier alpha value is -1.62. The Morgan fingerprint density at radius 1 is 1.10 bits per heavy atom. The van der Waals surface area contributed by atoms with Gasteiger partial charge in [-0.3, -0.25) is 0 Å². The average molecular weight is 285 g/mol. The van der Waals surface area contributed by atoms with Gasteiger partial charge >= 0.3 is 0 Å². The van der Waals surface area contributed by atoms with E-state index >= 15 is 0 Å². The van der Waals surface area contributed by atoms with Crippen LogP contribution < -0.4 is 0 Å². The Morgan fingerprint density at radius 2 is 1.81 bits per heavy atom. The maximum Gasteiger partial charge on any atom is 0.123 e. The lowest BCUT2D eigenvalue weighted by molar-refractivity contribution is 0.289. The summed E-state index contributed by atoms with van der Waals surface area (Å²) in [7, 11) is 0. The number of aryl methyl sites for hydroxylation is 1. The van der Waals surface area contributed by atoms with Crippen LogP contribution in [-0.4, -0.2) is 0 Å². The van der Waals surface area contributed by atoms with Crippen molar-refractivity contribution >= 4 is 0 Å². The molecule has 0 atom stereocenters. The van der Waals surface area contributed by atoms with Gasteiger partial charge in [0.1, 0.15) is 5.82 Å². The summed E-state index contributed by atoms with van der Waals surface area (Å²) < 4.78 is 12.8. The molecule has 0 aromatic heterocycles. The topological polar surface area (TPSA) is 23.8 Å². The first-order valence-electron chi connectivity index (χ1n) is 8.08. The standard InChI is InChI=1S/C19H24FN/c20-19-13-11-17(12-14-19)5-2-1-4-16-7-9-18(10-8-16)6-3-15-21/h3,6,11-14,16,18H,1-2,4-5,7-10H2/t16-,18-. The van der Waals surface area contributed by atoms with Crippen molar-refractivity contribution in [2.75, 3.05) is 0 Å². The van der Waals surface area contributed by atoms with E-state index < -0.39 is 0 Å². The lowest BCUT2D eigenvalue weighted by atomic mass is 9.79. The first-order chi connectivity index (χ1) is 10.3. The normalized spacial score (nSPS) is 22.3. The number of halogens is 1. The van der Waals surface area contributed by atoms with Crippen molar-refractivity contribution in [3.05, 3.63) is 47.8 Å². The smallest absolute Gasteiger partial charge is 0.123 e. The second kappa shape index (κ2) is 8.62. The van der Waals surface area contributed by atoms with Crippen LogP contribution >= 0.6 is 0 Å². The van der Waals surface area contributed by atoms with E-state index in [-0.39, 0.29) is 5.82 Å². The zero-order valence-electron chi connectivity index (χ0n) is 12.6. The van der Waals surface area contributed by atoms with Gasteiger partial charge in [0.25, 0.3) is 0 Å². The van der Waals surface area contributed by atoms with Gasteiger partial charge in [-0.15, -0.1) is 0 Å². The SMILES string of the molecule is N#CC=C[C@H]1CC[C@H](CCCCc2ccc(F)cc2)CC1. The van der Waals surface area contributed by atoms with Crippen molar-refractivity contribution in [1.82, 2.24) is 0 Å². The lowest BCUT2D eigenvalue weighted by Gasteiger charge is -2.26. The van der Waals surface area contributed by atoms with E-state index in [2.05, 4.69) is 12.1 Å². The number of nitrogens with zero attached hydrogens (tertiary/aromatic N) is 1. The molecule has 0 amide bonds. The van der Waals surface area contributed by atoms with Crippen molar-refractivity contribution in [3.8, 4) is 6.07 Å². The van der Waals surface area contributed by atoms with E-state index in [4.69, 9.17) is 5.26 Å². The van der Waals surface area contributed by atoms with Gasteiger partial charge in [-0.25, -0.2) is 4.39 Å². The molecular weight excluding hydrogens is 261 g/mol. The summed E-state index contributed by atoms with van der Waals surface area (Å²) in [5.74, 6) is 1.34. The van der Waals surface area contributed by atoms with Gasteiger partial charge in [0.05, 0.1) is 6.07 Å². The summed E-state index contributed by atoms with van der Waals surface area (Å²) in [6.07, 6.45) is 13.6. The van der Waals surface area contributed by atoms with Gasteiger partial charge in [0.2, 0.25) is 0 Å². The van der Waals surface area contributed by atoms with Gasteiger partial charge < -0.3 is 0 Å². The molecule has 0 heterocycles. The Kier molecular flexibility index (Phi) is 6.47. The van der Waals surface area contributed by atoms with Gasteiger partial charge in [-0.2, -0.15) is 5.26 Å². The quantitative estimate of drug-likeness (QED) is 0.505. The molecule has 1 saturated carbocycles. The Balaban J connectivity index is 1.59. The van der Waals surface area contributed by atoms with E-state index in [9.17, 15) is 4.39 Å². The Morgan fingerprint density at radius 3 is 2.48 bits per heavy atom. The van der Waals surface area contributed by atoms with E-state index in [1.807, 2.05) is 12.1 Å². The van der Waals surface area contributed by atoms with Crippen LogP contribution in [0.4, 0.5) is 4.39 Å². The fraction of sp³-hybridized carbons (Fsp3) is 0.526. The third-order valence-corrected chi connectivity index (χ3v) is 4.58. The zero-order chi connectivity index (χ0) is 14.9. The number of hydrogen-bond donors (Lipinski definition) is 0. The fourth-order valence-corrected chi connectivity index (χ4v) is 3.26. The van der Waals surface area contributed by atoms with E-state index in [0.29, 0.717) is 5.92 Å². The van der Waals surface area contributed by atoms with Crippen LogP contribution in [0.2, 0.25) is 0 Å². The molecular formula is C19H24FN. The maximum atomic E-state index is 12.8. The lowest BCUT2D eigenvalue weighted by Crippen LogP contribution is -2.13. The third kappa shape index (κ3) is 5.71. The van der Waals surface area contributed by atoms with Crippen LogP contribution in [0.15, 0.2) is 36.4 Å². The van der Waals surface area contributed by atoms with E-state index in [0.717, 1.165) is 12.3 Å². The van der Waals surface area contributed by atoms with Crippen LogP contribution in [0.5, 0.6) is 0 Å². The van der Waals surface area contributed by atoms with Crippen LogP contribution in [0, 0.1) is 29.0 Å². The van der Waals surface area contributed by atoms with Gasteiger partial charge in [0, 0.05) is 6.08 Å². The molecule has 1 aromatic carbocycles. The highest BCUT2D eigenvalue weighted by Crippen LogP contribution is 2.32. The molecule has 0 unspecified atom stereocenters. The van der Waals surface area contributed by atoms with Crippen molar-refractivity contribution in [2.24, 2.45) is 11.8 Å². The molecule has 1 aromatic rings. The second-order valence-corrected chi connectivity index (χ2v) is 6.14. The predicted molar refractivity (Wildman–Crippen MR) is 84.2 cm³/mol. The van der Waals surface area contributed by atoms with Crippen LogP contribution in [0.1, 0.15) is 50.5 Å². The molecule has 2 heteroatoms. The highest BCUT2D eigenvalue weighted by atomic mass is 19.1. The minimum Gasteiger partial charge on any atom is -0.207 e. The molecule has 2 rings (SSSR count). The number of unbranched alkanes of at least 4 members (excludes halogenated alkanes) is 1. The summed E-state index contributed by atoms with van der Waals surface area (Å²) in [5.41, 5.74) is 1.24. The molecule has 0 N–H and O–H groups in total. The summed E-state index contributed by atoms with van der Waals surface area (Å²) in [6, 6.07) is 8.96. The monoisotopic (exact) mass is 285 g/mol. The van der Waals surface area contributed by atoms with Crippen LogP contribution in [0.25, 0.3) is 0 Å². The highest BCUT2D eigenvalue weighted by Gasteiger charge is 2.18. The number of rotatable bonds is 6. The predicted octanol–water partition coefficient (Wildman–Crippen LogP) is 5.42. The Labute approximate surface area is 127 Å². The summed E-state index contributed by atoms with van der Waals surface area (Å²) in [5, 5.41) is 8.54. The van der Waals surface area contributed by atoms with Crippen molar-refractivity contribution in [2.45, 2.75) is 51.4 Å². The highest BCUT2D eigenvalue weighted by molar-refractivity contribution is 5.15. The minimum absolute atomic E-state index is 0.152.